The Bertz CT molecular complexity index is 360. The molecule has 0 fully saturated rings. The van der Waals surface area contributed by atoms with E-state index in [9.17, 15) is 4.39 Å². The van der Waals surface area contributed by atoms with E-state index in [0.717, 1.165) is 6.42 Å². The normalized spacial score (nSPS) is 14.1. The summed E-state index contributed by atoms with van der Waals surface area (Å²) in [6, 6.07) is 7.98. The predicted octanol–water partition coefficient (Wildman–Crippen LogP) is 6.01. The third-order valence-electron chi connectivity index (χ3n) is 4.10. The zero-order valence-electron chi connectivity index (χ0n) is 14.0. The molecule has 0 spiro atoms. The van der Waals surface area contributed by atoms with Gasteiger partial charge in [0.05, 0.1) is 0 Å². The summed E-state index contributed by atoms with van der Waals surface area (Å²) in [4.78, 5) is 0. The Balaban J connectivity index is 2.72. The average molecular weight is 293 g/mol. The van der Waals surface area contributed by atoms with Crippen LogP contribution in [0.5, 0.6) is 0 Å². The van der Waals surface area contributed by atoms with Crippen LogP contribution in [0.15, 0.2) is 24.3 Å². The Morgan fingerprint density at radius 3 is 2.05 bits per heavy atom. The van der Waals surface area contributed by atoms with Crippen LogP contribution >= 0.6 is 0 Å². The first kappa shape index (κ1) is 18.2. The third kappa shape index (κ3) is 7.08. The molecule has 2 unspecified atom stereocenters. The number of rotatable bonds is 11. The summed E-state index contributed by atoms with van der Waals surface area (Å²) < 4.78 is 13.1. The topological polar surface area (TPSA) is 12.0 Å². The molecule has 0 aliphatic heterocycles. The minimum absolute atomic E-state index is 0.149. The molecule has 2 atom stereocenters. The molecule has 0 aliphatic carbocycles. The number of unbranched alkanes of at least 4 members (excludes halogenated alkanes) is 2. The fourth-order valence-corrected chi connectivity index (χ4v) is 2.84. The lowest BCUT2D eigenvalue weighted by Gasteiger charge is -2.26. The van der Waals surface area contributed by atoms with E-state index in [1.54, 1.807) is 12.1 Å². The maximum absolute atomic E-state index is 13.1. The molecule has 1 aromatic carbocycles. The molecule has 1 nitrogen and oxygen atoms in total. The third-order valence-corrected chi connectivity index (χ3v) is 4.10. The Labute approximate surface area is 130 Å². The van der Waals surface area contributed by atoms with Crippen LogP contribution in [0.25, 0.3) is 0 Å². The first-order chi connectivity index (χ1) is 10.2. The summed E-state index contributed by atoms with van der Waals surface area (Å²) in [6.45, 7) is 6.72. The predicted molar refractivity (Wildman–Crippen MR) is 90.0 cm³/mol. The van der Waals surface area contributed by atoms with E-state index in [0.29, 0.717) is 12.1 Å². The lowest BCUT2D eigenvalue weighted by molar-refractivity contribution is 0.365. The summed E-state index contributed by atoms with van der Waals surface area (Å²) in [7, 11) is 0. The van der Waals surface area contributed by atoms with Gasteiger partial charge >= 0.3 is 0 Å². The maximum atomic E-state index is 13.1. The zero-order chi connectivity index (χ0) is 15.5. The molecule has 0 aliphatic rings. The summed E-state index contributed by atoms with van der Waals surface area (Å²) in [5.74, 6) is -0.149. The quantitative estimate of drug-likeness (QED) is 0.527. The van der Waals surface area contributed by atoms with Gasteiger partial charge in [-0.05, 0) is 37.0 Å². The van der Waals surface area contributed by atoms with Crippen LogP contribution in [0.3, 0.4) is 0 Å². The van der Waals surface area contributed by atoms with Gasteiger partial charge in [-0.15, -0.1) is 0 Å². The Morgan fingerprint density at radius 1 is 0.857 bits per heavy atom. The molecular formula is C19H32FN. The molecule has 0 saturated heterocycles. The first-order valence-corrected chi connectivity index (χ1v) is 8.72. The Morgan fingerprint density at radius 2 is 1.48 bits per heavy atom. The van der Waals surface area contributed by atoms with Gasteiger partial charge in [-0.3, -0.25) is 0 Å². The second-order valence-corrected chi connectivity index (χ2v) is 6.04. The minimum atomic E-state index is -0.149. The highest BCUT2D eigenvalue weighted by atomic mass is 19.1. The fourth-order valence-electron chi connectivity index (χ4n) is 2.84. The molecule has 0 aromatic heterocycles. The maximum Gasteiger partial charge on any atom is 0.123 e. The lowest BCUT2D eigenvalue weighted by atomic mass is 9.97. The molecule has 1 aromatic rings. The van der Waals surface area contributed by atoms with Crippen LogP contribution in [0.2, 0.25) is 0 Å². The number of hydrogen-bond donors (Lipinski definition) is 1. The molecule has 21 heavy (non-hydrogen) atoms. The van der Waals surface area contributed by atoms with Crippen molar-refractivity contribution in [2.45, 2.75) is 84.2 Å². The van der Waals surface area contributed by atoms with Gasteiger partial charge in [-0.25, -0.2) is 4.39 Å². The van der Waals surface area contributed by atoms with Crippen LogP contribution in [-0.4, -0.2) is 6.04 Å². The van der Waals surface area contributed by atoms with Gasteiger partial charge < -0.3 is 5.32 Å². The molecule has 0 amide bonds. The summed E-state index contributed by atoms with van der Waals surface area (Å²) in [5.41, 5.74) is 1.22. The van der Waals surface area contributed by atoms with E-state index in [1.165, 1.54) is 50.5 Å². The summed E-state index contributed by atoms with van der Waals surface area (Å²) in [5, 5.41) is 3.84. The van der Waals surface area contributed by atoms with Crippen molar-refractivity contribution in [2.75, 3.05) is 0 Å². The van der Waals surface area contributed by atoms with Crippen LogP contribution in [0, 0.1) is 5.82 Å². The van der Waals surface area contributed by atoms with Gasteiger partial charge in [0.2, 0.25) is 0 Å². The van der Waals surface area contributed by atoms with Crippen molar-refractivity contribution in [2.24, 2.45) is 0 Å². The number of halogens is 1. The average Bonchev–Trinajstić information content (AvgIpc) is 2.50. The van der Waals surface area contributed by atoms with Crippen LogP contribution in [0.4, 0.5) is 4.39 Å². The molecule has 2 heteroatoms. The number of benzene rings is 1. The largest absolute Gasteiger partial charge is 0.307 e. The summed E-state index contributed by atoms with van der Waals surface area (Å²) >= 11 is 0. The van der Waals surface area contributed by atoms with Gasteiger partial charge in [-0.1, -0.05) is 65.0 Å². The second kappa shape index (κ2) is 10.8. The van der Waals surface area contributed by atoms with Crippen molar-refractivity contribution in [3.05, 3.63) is 35.6 Å². The van der Waals surface area contributed by atoms with Crippen molar-refractivity contribution >= 4 is 0 Å². The Hall–Kier alpha value is -0.890. The molecule has 1 N–H and O–H groups in total. The highest BCUT2D eigenvalue weighted by Crippen LogP contribution is 2.22. The Kier molecular flexibility index (Phi) is 9.32. The summed E-state index contributed by atoms with van der Waals surface area (Å²) in [6.07, 6.45) is 9.76. The molecular weight excluding hydrogens is 261 g/mol. The van der Waals surface area contributed by atoms with Crippen molar-refractivity contribution in [3.8, 4) is 0 Å². The van der Waals surface area contributed by atoms with E-state index in [-0.39, 0.29) is 5.82 Å². The van der Waals surface area contributed by atoms with E-state index < -0.39 is 0 Å². The van der Waals surface area contributed by atoms with Gasteiger partial charge in [0.15, 0.2) is 0 Å². The molecule has 0 heterocycles. The van der Waals surface area contributed by atoms with Crippen LogP contribution < -0.4 is 5.32 Å². The highest BCUT2D eigenvalue weighted by Gasteiger charge is 2.16. The van der Waals surface area contributed by atoms with Crippen molar-refractivity contribution < 1.29 is 4.39 Å². The smallest absolute Gasteiger partial charge is 0.123 e. The zero-order valence-corrected chi connectivity index (χ0v) is 14.0. The molecule has 120 valence electrons. The van der Waals surface area contributed by atoms with Gasteiger partial charge in [-0.2, -0.15) is 0 Å². The van der Waals surface area contributed by atoms with Crippen molar-refractivity contribution in [1.82, 2.24) is 5.32 Å². The van der Waals surface area contributed by atoms with Crippen molar-refractivity contribution in [3.63, 3.8) is 0 Å². The van der Waals surface area contributed by atoms with Gasteiger partial charge in [0.1, 0.15) is 5.82 Å². The molecule has 1 rings (SSSR count). The fraction of sp³-hybridized carbons (Fsp3) is 0.684. The van der Waals surface area contributed by atoms with E-state index in [4.69, 9.17) is 0 Å². The minimum Gasteiger partial charge on any atom is -0.307 e. The van der Waals surface area contributed by atoms with Crippen LogP contribution in [0.1, 0.15) is 83.7 Å². The van der Waals surface area contributed by atoms with Crippen molar-refractivity contribution in [1.29, 1.82) is 0 Å². The van der Waals surface area contributed by atoms with Gasteiger partial charge in [0.25, 0.3) is 0 Å². The molecule has 0 saturated carbocycles. The standard InChI is InChI=1S/C19H32FN/c1-4-7-10-18(9-6-3)21-19(11-8-5-2)16-12-14-17(20)15-13-16/h12-15,18-19,21H,4-11H2,1-3H3. The van der Waals surface area contributed by atoms with Crippen LogP contribution in [-0.2, 0) is 0 Å². The van der Waals surface area contributed by atoms with E-state index in [1.807, 2.05) is 12.1 Å². The highest BCUT2D eigenvalue weighted by molar-refractivity contribution is 5.20. The van der Waals surface area contributed by atoms with Gasteiger partial charge in [0, 0.05) is 12.1 Å². The monoisotopic (exact) mass is 293 g/mol. The lowest BCUT2D eigenvalue weighted by Crippen LogP contribution is -2.33. The number of hydrogen-bond acceptors (Lipinski definition) is 1. The molecule has 0 radical (unpaired) electrons. The molecule has 0 bridgehead atoms. The first-order valence-electron chi connectivity index (χ1n) is 8.72. The second-order valence-electron chi connectivity index (χ2n) is 6.04. The van der Waals surface area contributed by atoms with E-state index >= 15 is 0 Å². The van der Waals surface area contributed by atoms with E-state index in [2.05, 4.69) is 26.1 Å². The SMILES string of the molecule is CCCCC(CCC)NC(CCCC)c1ccc(F)cc1. The number of nitrogens with one attached hydrogen (secondary N) is 1.